The third-order valence-electron chi connectivity index (χ3n) is 3.38. The minimum absolute atomic E-state index is 0.142. The number of benzene rings is 1. The van der Waals surface area contributed by atoms with E-state index >= 15 is 0 Å². The summed E-state index contributed by atoms with van der Waals surface area (Å²) in [4.78, 5) is 12.0. The summed E-state index contributed by atoms with van der Waals surface area (Å²) in [6, 6.07) is 9.83. The van der Waals surface area contributed by atoms with E-state index in [1.807, 2.05) is 30.3 Å². The highest BCUT2D eigenvalue weighted by molar-refractivity contribution is 5.95. The van der Waals surface area contributed by atoms with Crippen molar-refractivity contribution in [2.75, 3.05) is 12.8 Å². The van der Waals surface area contributed by atoms with E-state index in [0.29, 0.717) is 5.92 Å². The molecule has 1 heterocycles. The Morgan fingerprint density at radius 2 is 2.18 bits per heavy atom. The number of carbonyl (C=O) groups excluding carboxylic acids is 1. The first-order chi connectivity index (χ1) is 10.5. The molecule has 1 aromatic heterocycles. The van der Waals surface area contributed by atoms with Crippen LogP contribution in [0.3, 0.4) is 0 Å². The van der Waals surface area contributed by atoms with Gasteiger partial charge in [-0.05, 0) is 30.0 Å². The van der Waals surface area contributed by atoms with Crippen LogP contribution in [0.5, 0.6) is 0 Å². The Bertz CT molecular complexity index is 739. The molecule has 22 heavy (non-hydrogen) atoms. The van der Waals surface area contributed by atoms with Crippen molar-refractivity contribution in [3.8, 4) is 11.8 Å². The van der Waals surface area contributed by atoms with Gasteiger partial charge in [0.05, 0.1) is 18.4 Å². The molecule has 0 atom stereocenters. The predicted octanol–water partition coefficient (Wildman–Crippen LogP) is 2.92. The number of nitrogen functional groups attached to an aromatic ring is 1. The third-order valence-corrected chi connectivity index (χ3v) is 3.38. The zero-order chi connectivity index (χ0) is 16.3. The number of nitrogens with two attached hydrogens (primary N) is 1. The second-order valence-electron chi connectivity index (χ2n) is 5.55. The summed E-state index contributed by atoms with van der Waals surface area (Å²) in [6.45, 7) is 4.29. The molecular formula is C17H19N3O2. The van der Waals surface area contributed by atoms with E-state index in [0.717, 1.165) is 17.7 Å². The van der Waals surface area contributed by atoms with Crippen molar-refractivity contribution >= 4 is 11.7 Å². The molecule has 5 nitrogen and oxygen atoms in total. The van der Waals surface area contributed by atoms with Gasteiger partial charge in [0.2, 0.25) is 0 Å². The third kappa shape index (κ3) is 2.96. The largest absolute Gasteiger partial charge is 0.464 e. The highest BCUT2D eigenvalue weighted by Gasteiger charge is 2.21. The van der Waals surface area contributed by atoms with Gasteiger partial charge in [-0.3, -0.25) is 0 Å². The molecule has 0 spiro atoms. The number of carbonyl (C=O) groups is 1. The first-order valence-corrected chi connectivity index (χ1v) is 7.06. The first-order valence-electron chi connectivity index (χ1n) is 7.06. The van der Waals surface area contributed by atoms with Crippen LogP contribution < -0.4 is 5.73 Å². The summed E-state index contributed by atoms with van der Waals surface area (Å²) in [5.74, 6) is -0.0343. The van der Waals surface area contributed by atoms with E-state index in [4.69, 9.17) is 15.7 Å². The van der Waals surface area contributed by atoms with Crippen LogP contribution in [-0.2, 0) is 11.2 Å². The van der Waals surface area contributed by atoms with Crippen molar-refractivity contribution in [3.05, 3.63) is 47.3 Å². The number of aromatic nitrogens is 1. The summed E-state index contributed by atoms with van der Waals surface area (Å²) in [5, 5.41) is 9.14. The standard InChI is InChI=1S/C17H19N3O2/c1-11(2)7-12-5-4-6-14(8-12)20-10-13(9-18)15(19)16(20)17(21)22-3/h4-6,8,10-11H,7,19H2,1-3H3. The maximum atomic E-state index is 12.0. The second kappa shape index (κ2) is 6.35. The number of rotatable bonds is 4. The molecule has 2 N–H and O–H groups in total. The summed E-state index contributed by atoms with van der Waals surface area (Å²) < 4.78 is 6.40. The van der Waals surface area contributed by atoms with Gasteiger partial charge in [0.1, 0.15) is 6.07 Å². The van der Waals surface area contributed by atoms with Gasteiger partial charge in [0.15, 0.2) is 5.69 Å². The minimum atomic E-state index is -0.562. The van der Waals surface area contributed by atoms with Crippen LogP contribution in [0.25, 0.3) is 5.69 Å². The Hall–Kier alpha value is -2.74. The molecule has 114 valence electrons. The number of nitrogens with zero attached hydrogens (tertiary/aromatic N) is 2. The number of methoxy groups -OCH3 is 1. The van der Waals surface area contributed by atoms with E-state index in [1.165, 1.54) is 7.11 Å². The van der Waals surface area contributed by atoms with E-state index in [9.17, 15) is 4.79 Å². The van der Waals surface area contributed by atoms with E-state index in [2.05, 4.69) is 13.8 Å². The van der Waals surface area contributed by atoms with Gasteiger partial charge in [-0.1, -0.05) is 26.0 Å². The van der Waals surface area contributed by atoms with Crippen LogP contribution in [0.1, 0.15) is 35.5 Å². The van der Waals surface area contributed by atoms with Gasteiger partial charge in [0, 0.05) is 11.9 Å². The zero-order valence-electron chi connectivity index (χ0n) is 13.0. The van der Waals surface area contributed by atoms with Gasteiger partial charge in [-0.2, -0.15) is 5.26 Å². The monoisotopic (exact) mass is 297 g/mol. The maximum Gasteiger partial charge on any atom is 0.357 e. The smallest absolute Gasteiger partial charge is 0.357 e. The van der Waals surface area contributed by atoms with Gasteiger partial charge < -0.3 is 15.0 Å². The SMILES string of the molecule is COC(=O)c1c(N)c(C#N)cn1-c1cccc(CC(C)C)c1. The molecule has 2 aromatic rings. The van der Waals surface area contributed by atoms with E-state index in [1.54, 1.807) is 10.8 Å². The fraction of sp³-hybridized carbons (Fsp3) is 0.294. The molecule has 0 fully saturated rings. The van der Waals surface area contributed by atoms with Crippen LogP contribution in [0.15, 0.2) is 30.5 Å². The Morgan fingerprint density at radius 3 is 2.77 bits per heavy atom. The highest BCUT2D eigenvalue weighted by atomic mass is 16.5. The molecule has 0 saturated carbocycles. The lowest BCUT2D eigenvalue weighted by molar-refractivity contribution is 0.0593. The van der Waals surface area contributed by atoms with Gasteiger partial charge in [-0.25, -0.2) is 4.79 Å². The number of nitriles is 1. The lowest BCUT2D eigenvalue weighted by atomic mass is 10.0. The van der Waals surface area contributed by atoms with Crippen LogP contribution >= 0.6 is 0 Å². The van der Waals surface area contributed by atoms with Crippen LogP contribution in [0.2, 0.25) is 0 Å². The fourth-order valence-electron chi connectivity index (χ4n) is 2.42. The molecule has 0 amide bonds. The van der Waals surface area contributed by atoms with Gasteiger partial charge in [-0.15, -0.1) is 0 Å². The molecule has 0 unspecified atom stereocenters. The van der Waals surface area contributed by atoms with Gasteiger partial charge >= 0.3 is 5.97 Å². The Balaban J connectivity index is 2.57. The molecule has 0 bridgehead atoms. The quantitative estimate of drug-likeness (QED) is 0.880. The number of hydrogen-bond acceptors (Lipinski definition) is 4. The first kappa shape index (κ1) is 15.6. The maximum absolute atomic E-state index is 12.0. The van der Waals surface area contributed by atoms with Crippen LogP contribution in [0.4, 0.5) is 5.69 Å². The number of anilines is 1. The average Bonchev–Trinajstić information content (AvgIpc) is 2.83. The van der Waals surface area contributed by atoms with Crippen molar-refractivity contribution in [2.45, 2.75) is 20.3 Å². The van der Waals surface area contributed by atoms with Gasteiger partial charge in [0.25, 0.3) is 0 Å². The Kier molecular flexibility index (Phi) is 4.52. The van der Waals surface area contributed by atoms with E-state index < -0.39 is 5.97 Å². The lowest BCUT2D eigenvalue weighted by Crippen LogP contribution is -2.11. The fourth-order valence-corrected chi connectivity index (χ4v) is 2.42. The number of hydrogen-bond donors (Lipinski definition) is 1. The number of ether oxygens (including phenoxy) is 1. The summed E-state index contributed by atoms with van der Waals surface area (Å²) >= 11 is 0. The van der Waals surface area contributed by atoms with Crippen molar-refractivity contribution in [1.82, 2.24) is 4.57 Å². The second-order valence-corrected chi connectivity index (χ2v) is 5.55. The predicted molar refractivity (Wildman–Crippen MR) is 84.8 cm³/mol. The topological polar surface area (TPSA) is 81.0 Å². The Morgan fingerprint density at radius 1 is 1.45 bits per heavy atom. The summed E-state index contributed by atoms with van der Waals surface area (Å²) in [5.41, 5.74) is 8.43. The summed E-state index contributed by atoms with van der Waals surface area (Å²) in [7, 11) is 1.29. The van der Waals surface area contributed by atoms with Crippen molar-refractivity contribution in [3.63, 3.8) is 0 Å². The minimum Gasteiger partial charge on any atom is -0.464 e. The van der Waals surface area contributed by atoms with E-state index in [-0.39, 0.29) is 16.9 Å². The average molecular weight is 297 g/mol. The zero-order valence-corrected chi connectivity index (χ0v) is 13.0. The van der Waals surface area contributed by atoms with Crippen molar-refractivity contribution < 1.29 is 9.53 Å². The Labute approximate surface area is 129 Å². The molecule has 0 saturated heterocycles. The molecule has 1 aromatic carbocycles. The molecule has 2 rings (SSSR count). The molecule has 5 heteroatoms. The van der Waals surface area contributed by atoms with Crippen LogP contribution in [0, 0.1) is 17.2 Å². The van der Waals surface area contributed by atoms with Crippen molar-refractivity contribution in [2.24, 2.45) is 5.92 Å². The molecule has 0 radical (unpaired) electrons. The molecule has 0 aliphatic heterocycles. The van der Waals surface area contributed by atoms with Crippen molar-refractivity contribution in [1.29, 1.82) is 5.26 Å². The van der Waals surface area contributed by atoms with Crippen LogP contribution in [-0.4, -0.2) is 17.6 Å². The normalized spacial score (nSPS) is 10.5. The molecule has 0 aliphatic carbocycles. The molecular weight excluding hydrogens is 278 g/mol. The summed E-state index contributed by atoms with van der Waals surface area (Å²) in [6.07, 6.45) is 2.50. The number of esters is 1. The molecule has 0 aliphatic rings. The lowest BCUT2D eigenvalue weighted by Gasteiger charge is -2.11. The highest BCUT2D eigenvalue weighted by Crippen LogP contribution is 2.25.